The zero-order valence-corrected chi connectivity index (χ0v) is 18.9. The largest absolute Gasteiger partial charge is 0.383 e. The van der Waals surface area contributed by atoms with Gasteiger partial charge in [0.25, 0.3) is 11.5 Å². The topological polar surface area (TPSA) is 101 Å². The van der Waals surface area contributed by atoms with Gasteiger partial charge < -0.3 is 5.73 Å². The molecule has 2 heterocycles. The third kappa shape index (κ3) is 4.38. The van der Waals surface area contributed by atoms with E-state index in [9.17, 15) is 14.4 Å². The summed E-state index contributed by atoms with van der Waals surface area (Å²) in [6, 6.07) is 2.00. The number of nitrogens with two attached hydrogens (primary N) is 1. The number of hydrogen-bond acceptors (Lipinski definition) is 5. The van der Waals surface area contributed by atoms with Crippen LogP contribution in [-0.4, -0.2) is 22.0 Å². The summed E-state index contributed by atoms with van der Waals surface area (Å²) in [5.41, 5.74) is 6.44. The van der Waals surface area contributed by atoms with E-state index in [-0.39, 0.29) is 17.4 Å². The summed E-state index contributed by atoms with van der Waals surface area (Å²) < 4.78 is 1.34. The van der Waals surface area contributed by atoms with Crippen molar-refractivity contribution in [3.05, 3.63) is 42.2 Å². The second-order valence-electron chi connectivity index (χ2n) is 8.03. The maximum atomic E-state index is 13.5. The number of H-pyrrole nitrogens is 1. The highest BCUT2D eigenvalue weighted by Gasteiger charge is 2.28. The fraction of sp³-hybridized carbons (Fsp3) is 0.591. The molecule has 3 N–H and O–H groups in total. The Morgan fingerprint density at radius 1 is 1.30 bits per heavy atom. The number of aromatic nitrogens is 2. The van der Waals surface area contributed by atoms with Crippen LogP contribution in [0.15, 0.2) is 15.7 Å². The van der Waals surface area contributed by atoms with Gasteiger partial charge in [0.2, 0.25) is 0 Å². The number of fused-ring (bicyclic) bond motifs is 1. The normalized spacial score (nSPS) is 15.8. The van der Waals surface area contributed by atoms with E-state index in [4.69, 9.17) is 5.73 Å². The van der Waals surface area contributed by atoms with Gasteiger partial charge >= 0.3 is 5.69 Å². The first-order valence-electron chi connectivity index (χ1n) is 11.0. The molecule has 1 aliphatic carbocycles. The van der Waals surface area contributed by atoms with Crippen molar-refractivity contribution < 1.29 is 4.79 Å². The van der Waals surface area contributed by atoms with E-state index in [2.05, 4.69) is 11.9 Å². The Bertz CT molecular complexity index is 1020. The van der Waals surface area contributed by atoms with Crippen molar-refractivity contribution in [3.63, 3.8) is 0 Å². The summed E-state index contributed by atoms with van der Waals surface area (Å²) >= 11 is 1.53. The number of aromatic amines is 1. The van der Waals surface area contributed by atoms with E-state index in [0.717, 1.165) is 38.5 Å². The number of rotatable bonds is 8. The monoisotopic (exact) mass is 432 g/mol. The standard InChI is InChI=1S/C22H32N4O3S/c1-4-7-11-25(18-19(23)26(10-5-2)22(29)24-20(18)27)21(28)17-13-15-12-14(6-3)8-9-16(15)30-17/h13-14H,4-12,23H2,1-3H3,(H,24,27,29)/t14-/m0/s1. The Morgan fingerprint density at radius 3 is 2.73 bits per heavy atom. The van der Waals surface area contributed by atoms with E-state index in [0.29, 0.717) is 30.3 Å². The van der Waals surface area contributed by atoms with Gasteiger partial charge in [-0.05, 0) is 49.7 Å². The Hall–Kier alpha value is -2.35. The first-order valence-corrected chi connectivity index (χ1v) is 11.8. The maximum absolute atomic E-state index is 13.5. The molecule has 3 rings (SSSR count). The van der Waals surface area contributed by atoms with Gasteiger partial charge in [0, 0.05) is 18.0 Å². The number of anilines is 2. The summed E-state index contributed by atoms with van der Waals surface area (Å²) in [4.78, 5) is 44.1. The number of hydrogen-bond donors (Lipinski definition) is 2. The first-order chi connectivity index (χ1) is 14.4. The second kappa shape index (κ2) is 9.64. The lowest BCUT2D eigenvalue weighted by Gasteiger charge is -2.24. The smallest absolute Gasteiger partial charge is 0.330 e. The molecule has 0 saturated heterocycles. The zero-order chi connectivity index (χ0) is 21.8. The van der Waals surface area contributed by atoms with Crippen LogP contribution in [0.3, 0.4) is 0 Å². The van der Waals surface area contributed by atoms with Crippen molar-refractivity contribution >= 4 is 28.7 Å². The molecule has 0 fully saturated rings. The molecule has 8 heteroatoms. The molecule has 2 aromatic rings. The highest BCUT2D eigenvalue weighted by Crippen LogP contribution is 2.34. The Balaban J connectivity index is 2.03. The van der Waals surface area contributed by atoms with E-state index >= 15 is 0 Å². The summed E-state index contributed by atoms with van der Waals surface area (Å²) in [5, 5.41) is 0. The highest BCUT2D eigenvalue weighted by molar-refractivity contribution is 7.14. The van der Waals surface area contributed by atoms with E-state index < -0.39 is 11.2 Å². The average Bonchev–Trinajstić information content (AvgIpc) is 3.16. The fourth-order valence-corrected chi connectivity index (χ4v) is 5.26. The molecule has 0 bridgehead atoms. The Kier molecular flexibility index (Phi) is 7.18. The minimum Gasteiger partial charge on any atom is -0.383 e. The molecule has 1 atom stereocenters. The van der Waals surface area contributed by atoms with Gasteiger partial charge in [0.15, 0.2) is 5.69 Å². The quantitative estimate of drug-likeness (QED) is 0.666. The van der Waals surface area contributed by atoms with E-state index in [1.807, 2.05) is 19.9 Å². The third-order valence-electron chi connectivity index (χ3n) is 5.88. The molecule has 164 valence electrons. The van der Waals surface area contributed by atoms with Crippen LogP contribution in [0.25, 0.3) is 0 Å². The molecule has 0 unspecified atom stereocenters. The molecule has 0 spiro atoms. The number of nitrogens with zero attached hydrogens (tertiary/aromatic N) is 2. The molecule has 30 heavy (non-hydrogen) atoms. The lowest BCUT2D eigenvalue weighted by atomic mass is 9.87. The number of amides is 1. The first kappa shape index (κ1) is 22.3. The molecule has 0 radical (unpaired) electrons. The minimum atomic E-state index is -0.610. The number of unbranched alkanes of at least 4 members (excludes halogenated alkanes) is 1. The number of carbonyl (C=O) groups excluding carboxylic acids is 1. The third-order valence-corrected chi connectivity index (χ3v) is 7.11. The van der Waals surface area contributed by atoms with Gasteiger partial charge in [-0.25, -0.2) is 4.79 Å². The van der Waals surface area contributed by atoms with Crippen LogP contribution < -0.4 is 21.9 Å². The van der Waals surface area contributed by atoms with Gasteiger partial charge in [-0.3, -0.25) is 24.0 Å². The van der Waals surface area contributed by atoms with Gasteiger partial charge in [0.1, 0.15) is 5.82 Å². The van der Waals surface area contributed by atoms with Crippen LogP contribution in [0.5, 0.6) is 0 Å². The molecule has 2 aromatic heterocycles. The SMILES string of the molecule is CCCCN(C(=O)c1cc2c(s1)CC[C@H](CC)C2)c1c(N)n(CCC)c(=O)[nH]c1=O. The Morgan fingerprint density at radius 2 is 2.07 bits per heavy atom. The van der Waals surface area contributed by atoms with Crippen molar-refractivity contribution in [2.45, 2.75) is 72.3 Å². The molecule has 1 amide bonds. The predicted octanol–water partition coefficient (Wildman–Crippen LogP) is 3.55. The van der Waals surface area contributed by atoms with Crippen LogP contribution in [0, 0.1) is 5.92 Å². The molecule has 1 aliphatic rings. The molecule has 0 aliphatic heterocycles. The highest BCUT2D eigenvalue weighted by atomic mass is 32.1. The Labute approximate surface area is 180 Å². The predicted molar refractivity (Wildman–Crippen MR) is 123 cm³/mol. The lowest BCUT2D eigenvalue weighted by molar-refractivity contribution is 0.0990. The van der Waals surface area contributed by atoms with Crippen LogP contribution in [0.2, 0.25) is 0 Å². The van der Waals surface area contributed by atoms with Crippen molar-refractivity contribution in [2.24, 2.45) is 5.92 Å². The molecular formula is C22H32N4O3S. The van der Waals surface area contributed by atoms with E-state index in [1.165, 1.54) is 31.2 Å². The maximum Gasteiger partial charge on any atom is 0.330 e. The summed E-state index contributed by atoms with van der Waals surface area (Å²) in [6.07, 6.45) is 6.61. The average molecular weight is 433 g/mol. The van der Waals surface area contributed by atoms with Crippen LogP contribution >= 0.6 is 11.3 Å². The number of carbonyl (C=O) groups is 1. The van der Waals surface area contributed by atoms with Gasteiger partial charge in [-0.1, -0.05) is 33.6 Å². The van der Waals surface area contributed by atoms with E-state index in [1.54, 1.807) is 0 Å². The van der Waals surface area contributed by atoms with Gasteiger partial charge in [-0.15, -0.1) is 11.3 Å². The number of nitrogen functional groups attached to an aromatic ring is 1. The second-order valence-corrected chi connectivity index (χ2v) is 9.17. The number of thiophene rings is 1. The summed E-state index contributed by atoms with van der Waals surface area (Å²) in [7, 11) is 0. The van der Waals surface area contributed by atoms with Crippen LogP contribution in [-0.2, 0) is 19.4 Å². The van der Waals surface area contributed by atoms with Crippen molar-refractivity contribution in [1.82, 2.24) is 9.55 Å². The number of aryl methyl sites for hydroxylation is 1. The van der Waals surface area contributed by atoms with Crippen LogP contribution in [0.4, 0.5) is 11.5 Å². The number of nitrogens with one attached hydrogen (secondary N) is 1. The van der Waals surface area contributed by atoms with Crippen molar-refractivity contribution in [2.75, 3.05) is 17.2 Å². The van der Waals surface area contributed by atoms with Crippen molar-refractivity contribution in [1.29, 1.82) is 0 Å². The van der Waals surface area contributed by atoms with Gasteiger partial charge in [-0.2, -0.15) is 0 Å². The minimum absolute atomic E-state index is 0.0578. The molecule has 0 saturated carbocycles. The molecular weight excluding hydrogens is 400 g/mol. The lowest BCUT2D eigenvalue weighted by Crippen LogP contribution is -2.41. The fourth-order valence-electron chi connectivity index (χ4n) is 4.10. The molecule has 7 nitrogen and oxygen atoms in total. The van der Waals surface area contributed by atoms with Crippen molar-refractivity contribution in [3.8, 4) is 0 Å². The van der Waals surface area contributed by atoms with Crippen LogP contribution in [0.1, 0.15) is 73.0 Å². The summed E-state index contributed by atoms with van der Waals surface area (Å²) in [6.45, 7) is 6.93. The zero-order valence-electron chi connectivity index (χ0n) is 18.1. The van der Waals surface area contributed by atoms with Gasteiger partial charge in [0.05, 0.1) is 4.88 Å². The molecule has 0 aromatic carbocycles. The summed E-state index contributed by atoms with van der Waals surface area (Å²) in [5.74, 6) is 0.513.